The Kier molecular flexibility index (Phi) is 3.11. The van der Waals surface area contributed by atoms with Gasteiger partial charge in [0.15, 0.2) is 0 Å². The molecule has 12 heavy (non-hydrogen) atoms. The van der Waals surface area contributed by atoms with E-state index in [0.717, 1.165) is 12.8 Å². The molecule has 2 nitrogen and oxygen atoms in total. The van der Waals surface area contributed by atoms with Crippen molar-refractivity contribution >= 4 is 0 Å². The number of hydrogen-bond donors (Lipinski definition) is 1. The molecule has 0 aromatic carbocycles. The predicted molar refractivity (Wildman–Crippen MR) is 49.4 cm³/mol. The topological polar surface area (TPSA) is 49.8 Å². The van der Waals surface area contributed by atoms with Crippen molar-refractivity contribution < 1.29 is 0 Å². The maximum atomic E-state index is 8.86. The molecule has 1 fully saturated rings. The zero-order chi connectivity index (χ0) is 9.03. The summed E-state index contributed by atoms with van der Waals surface area (Å²) in [5, 5.41) is 8.86. The molecule has 1 aliphatic rings. The predicted octanol–water partition coefficient (Wildman–Crippen LogP) is 2.20. The van der Waals surface area contributed by atoms with Crippen LogP contribution in [-0.2, 0) is 0 Å². The van der Waals surface area contributed by atoms with E-state index in [9.17, 15) is 0 Å². The van der Waals surface area contributed by atoms with Gasteiger partial charge in [0, 0.05) is 0 Å². The van der Waals surface area contributed by atoms with Crippen molar-refractivity contribution in [1.29, 1.82) is 5.26 Å². The van der Waals surface area contributed by atoms with Crippen LogP contribution in [0.25, 0.3) is 0 Å². The molecule has 2 N–H and O–H groups in total. The number of nitrogens with zero attached hydrogens (tertiary/aromatic N) is 1. The second-order valence-electron chi connectivity index (χ2n) is 4.08. The summed E-state index contributed by atoms with van der Waals surface area (Å²) in [5.41, 5.74) is 5.31. The van der Waals surface area contributed by atoms with Crippen molar-refractivity contribution in [3.8, 4) is 6.07 Å². The highest BCUT2D eigenvalue weighted by atomic mass is 14.7. The molecule has 0 bridgehead atoms. The van der Waals surface area contributed by atoms with E-state index >= 15 is 0 Å². The third kappa shape index (κ3) is 2.22. The lowest BCUT2D eigenvalue weighted by atomic mass is 9.82. The normalized spacial score (nSPS) is 25.4. The van der Waals surface area contributed by atoms with Crippen LogP contribution >= 0.6 is 0 Å². The van der Waals surface area contributed by atoms with Crippen LogP contribution in [0.2, 0.25) is 0 Å². The van der Waals surface area contributed by atoms with Gasteiger partial charge in [-0.15, -0.1) is 0 Å². The van der Waals surface area contributed by atoms with Gasteiger partial charge in [0.05, 0.1) is 6.07 Å². The van der Waals surface area contributed by atoms with E-state index in [-0.39, 0.29) is 0 Å². The Hall–Kier alpha value is -0.550. The fourth-order valence-electron chi connectivity index (χ4n) is 1.97. The van der Waals surface area contributed by atoms with Crippen molar-refractivity contribution in [3.63, 3.8) is 0 Å². The van der Waals surface area contributed by atoms with Crippen LogP contribution in [-0.4, -0.2) is 5.54 Å². The molecule has 0 saturated heterocycles. The first-order valence-corrected chi connectivity index (χ1v) is 4.87. The van der Waals surface area contributed by atoms with Gasteiger partial charge in [0.25, 0.3) is 0 Å². The van der Waals surface area contributed by atoms with Crippen molar-refractivity contribution in [2.75, 3.05) is 0 Å². The molecule has 1 saturated carbocycles. The molecule has 1 atom stereocenters. The largest absolute Gasteiger partial charge is 0.313 e. The Morgan fingerprint density at radius 2 is 1.75 bits per heavy atom. The number of nitrogens with two attached hydrogens (primary N) is 1. The first-order chi connectivity index (χ1) is 5.67. The van der Waals surface area contributed by atoms with E-state index in [1.54, 1.807) is 0 Å². The van der Waals surface area contributed by atoms with E-state index in [2.05, 4.69) is 6.07 Å². The summed E-state index contributed by atoms with van der Waals surface area (Å²) in [6, 6.07) is 2.22. The highest BCUT2D eigenvalue weighted by Crippen LogP contribution is 2.29. The van der Waals surface area contributed by atoms with Gasteiger partial charge >= 0.3 is 0 Å². The molecule has 0 aliphatic heterocycles. The molecule has 68 valence electrons. The number of hydrogen-bond acceptors (Lipinski definition) is 2. The van der Waals surface area contributed by atoms with Gasteiger partial charge in [-0.1, -0.05) is 25.7 Å². The minimum absolute atomic E-state index is 0.421. The van der Waals surface area contributed by atoms with Crippen molar-refractivity contribution in [3.05, 3.63) is 0 Å². The van der Waals surface area contributed by atoms with Crippen LogP contribution in [0.4, 0.5) is 0 Å². The van der Waals surface area contributed by atoms with Crippen LogP contribution in [0.15, 0.2) is 0 Å². The average molecular weight is 166 g/mol. The summed E-state index contributed by atoms with van der Waals surface area (Å²) in [6.07, 6.45) is 7.41. The van der Waals surface area contributed by atoms with Crippen LogP contribution in [0.3, 0.4) is 0 Å². The lowest BCUT2D eigenvalue weighted by molar-refractivity contribution is 0.328. The lowest BCUT2D eigenvalue weighted by Crippen LogP contribution is -2.42. The van der Waals surface area contributed by atoms with Crippen molar-refractivity contribution in [2.24, 2.45) is 11.7 Å². The third-order valence-corrected chi connectivity index (χ3v) is 2.94. The standard InChI is InChI=1S/C10H18N2/c1-10(12,8-11)9-6-4-2-3-5-7-9/h9H,2-7,12H2,1H3. The summed E-state index contributed by atoms with van der Waals surface area (Å²) in [5.74, 6) is 0.421. The third-order valence-electron chi connectivity index (χ3n) is 2.94. The summed E-state index contributed by atoms with van der Waals surface area (Å²) >= 11 is 0. The van der Waals surface area contributed by atoms with Gasteiger partial charge in [-0.2, -0.15) is 5.26 Å². The zero-order valence-electron chi connectivity index (χ0n) is 7.84. The minimum Gasteiger partial charge on any atom is -0.313 e. The van der Waals surface area contributed by atoms with E-state index in [4.69, 9.17) is 11.0 Å². The van der Waals surface area contributed by atoms with E-state index in [1.807, 2.05) is 6.92 Å². The van der Waals surface area contributed by atoms with Gasteiger partial charge in [-0.25, -0.2) is 0 Å². The number of nitriles is 1. The first kappa shape index (κ1) is 9.54. The second-order valence-corrected chi connectivity index (χ2v) is 4.08. The summed E-state index contributed by atoms with van der Waals surface area (Å²) in [6.45, 7) is 1.86. The first-order valence-electron chi connectivity index (χ1n) is 4.87. The Bertz CT molecular complexity index is 171. The Labute approximate surface area is 74.8 Å². The molecule has 1 rings (SSSR count). The van der Waals surface area contributed by atoms with Gasteiger partial charge < -0.3 is 5.73 Å². The maximum absolute atomic E-state index is 8.86. The van der Waals surface area contributed by atoms with Crippen LogP contribution in [0.1, 0.15) is 45.4 Å². The van der Waals surface area contributed by atoms with Gasteiger partial charge in [-0.3, -0.25) is 0 Å². The van der Waals surface area contributed by atoms with E-state index < -0.39 is 5.54 Å². The molecule has 0 aromatic rings. The molecular formula is C10H18N2. The average Bonchev–Trinajstić information content (AvgIpc) is 2.32. The van der Waals surface area contributed by atoms with E-state index in [1.165, 1.54) is 25.7 Å². The van der Waals surface area contributed by atoms with Crippen molar-refractivity contribution in [1.82, 2.24) is 0 Å². The van der Waals surface area contributed by atoms with Gasteiger partial charge in [0.2, 0.25) is 0 Å². The maximum Gasteiger partial charge on any atom is 0.104 e. The summed E-state index contributed by atoms with van der Waals surface area (Å²) < 4.78 is 0. The SMILES string of the molecule is CC(N)(C#N)C1CCCCCC1. The van der Waals surface area contributed by atoms with Crippen LogP contribution in [0, 0.1) is 17.2 Å². The Balaban J connectivity index is 2.55. The second kappa shape index (κ2) is 3.91. The molecule has 0 aromatic heterocycles. The molecular weight excluding hydrogens is 148 g/mol. The molecule has 1 unspecified atom stereocenters. The fraction of sp³-hybridized carbons (Fsp3) is 0.900. The van der Waals surface area contributed by atoms with Crippen molar-refractivity contribution in [2.45, 2.75) is 51.0 Å². The monoisotopic (exact) mass is 166 g/mol. The van der Waals surface area contributed by atoms with Crippen LogP contribution < -0.4 is 5.73 Å². The Morgan fingerprint density at radius 1 is 1.25 bits per heavy atom. The molecule has 0 amide bonds. The van der Waals surface area contributed by atoms with Gasteiger partial charge in [-0.05, 0) is 25.7 Å². The minimum atomic E-state index is -0.593. The Morgan fingerprint density at radius 3 is 2.17 bits per heavy atom. The lowest BCUT2D eigenvalue weighted by Gasteiger charge is -2.26. The highest BCUT2D eigenvalue weighted by molar-refractivity contribution is 5.05. The number of rotatable bonds is 1. The summed E-state index contributed by atoms with van der Waals surface area (Å²) in [4.78, 5) is 0. The zero-order valence-corrected chi connectivity index (χ0v) is 7.84. The fourth-order valence-corrected chi connectivity index (χ4v) is 1.97. The molecule has 1 aliphatic carbocycles. The van der Waals surface area contributed by atoms with Gasteiger partial charge in [0.1, 0.15) is 5.54 Å². The molecule has 0 radical (unpaired) electrons. The molecule has 0 spiro atoms. The highest BCUT2D eigenvalue weighted by Gasteiger charge is 2.29. The van der Waals surface area contributed by atoms with E-state index in [0.29, 0.717) is 5.92 Å². The molecule has 0 heterocycles. The quantitative estimate of drug-likeness (QED) is 0.607. The van der Waals surface area contributed by atoms with Crippen LogP contribution in [0.5, 0.6) is 0 Å². The summed E-state index contributed by atoms with van der Waals surface area (Å²) in [7, 11) is 0. The smallest absolute Gasteiger partial charge is 0.104 e. The molecule has 2 heteroatoms.